The van der Waals surface area contributed by atoms with Crippen molar-refractivity contribution in [2.24, 2.45) is 11.8 Å². The molecule has 1 saturated heterocycles. The molecule has 1 aliphatic carbocycles. The van der Waals surface area contributed by atoms with E-state index in [0.29, 0.717) is 5.56 Å². The Bertz CT molecular complexity index is 1080. The second-order valence-corrected chi connectivity index (χ2v) is 9.73. The number of hydrogen-bond acceptors (Lipinski definition) is 12. The number of aliphatic carboxylic acids is 1. The van der Waals surface area contributed by atoms with E-state index in [1.54, 1.807) is 0 Å². The highest BCUT2D eigenvalue weighted by Gasteiger charge is 2.59. The number of phenolic OH excluding ortho intramolecular Hbond substituents is 1. The van der Waals surface area contributed by atoms with Crippen LogP contribution in [-0.2, 0) is 28.5 Å². The van der Waals surface area contributed by atoms with Gasteiger partial charge < -0.3 is 54.7 Å². The fourth-order valence-corrected chi connectivity index (χ4v) is 5.14. The predicted octanol–water partition coefficient (Wildman–Crippen LogP) is -1.15. The zero-order chi connectivity index (χ0) is 27.8. The van der Waals surface area contributed by atoms with E-state index in [9.17, 15) is 45.3 Å². The largest absolute Gasteiger partial charge is 0.508 e. The van der Waals surface area contributed by atoms with Gasteiger partial charge in [-0.05, 0) is 30.7 Å². The summed E-state index contributed by atoms with van der Waals surface area (Å²) in [5.41, 5.74) is -1.35. The summed E-state index contributed by atoms with van der Waals surface area (Å²) < 4.78 is 22.2. The number of hydrogen-bond donors (Lipinski definition) is 7. The summed E-state index contributed by atoms with van der Waals surface area (Å²) in [5, 5.41) is 70.9. The molecule has 13 heteroatoms. The third-order valence-electron chi connectivity index (χ3n) is 7.02. The van der Waals surface area contributed by atoms with Crippen LogP contribution in [-0.4, -0.2) is 103 Å². The summed E-state index contributed by atoms with van der Waals surface area (Å²) >= 11 is 0. The molecule has 0 spiro atoms. The predicted molar refractivity (Wildman–Crippen MR) is 125 cm³/mol. The molecule has 1 saturated carbocycles. The molecular weight excluding hydrogens is 508 g/mol. The summed E-state index contributed by atoms with van der Waals surface area (Å²) in [4.78, 5) is 24.2. The highest BCUT2D eigenvalue weighted by molar-refractivity contribution is 5.88. The maximum absolute atomic E-state index is 12.5. The smallest absolute Gasteiger partial charge is 0.335 e. The quantitative estimate of drug-likeness (QED) is 0.161. The molecule has 2 fully saturated rings. The van der Waals surface area contributed by atoms with Gasteiger partial charge in [0.25, 0.3) is 0 Å². The Balaban J connectivity index is 1.57. The minimum Gasteiger partial charge on any atom is -0.508 e. The number of fused-ring (bicyclic) bond motifs is 1. The SMILES string of the molecule is C[C@]1(O)C[C@@H](O)[C@H]2C(C(=O)O)=CO[C@@H](O[C@H]3O[C@@H](CO)[C@@H](O)[C@@H](O)[C@H]3OC(=O)/C=C/c3ccc(O)cc3)[C@@H]21. The lowest BCUT2D eigenvalue weighted by Gasteiger charge is -2.44. The first-order valence-electron chi connectivity index (χ1n) is 11.9. The van der Waals surface area contributed by atoms with Gasteiger partial charge in [-0.15, -0.1) is 0 Å². The summed E-state index contributed by atoms with van der Waals surface area (Å²) in [6, 6.07) is 5.90. The minimum atomic E-state index is -1.77. The van der Waals surface area contributed by atoms with E-state index in [2.05, 4.69) is 0 Å². The zero-order valence-electron chi connectivity index (χ0n) is 20.2. The van der Waals surface area contributed by atoms with Gasteiger partial charge in [0.05, 0.1) is 36.1 Å². The Morgan fingerprint density at radius 3 is 2.45 bits per heavy atom. The van der Waals surface area contributed by atoms with Crippen molar-refractivity contribution >= 4 is 18.0 Å². The number of aliphatic hydroxyl groups excluding tert-OH is 4. The molecule has 3 aliphatic rings. The first-order chi connectivity index (χ1) is 17.9. The molecule has 208 valence electrons. The van der Waals surface area contributed by atoms with E-state index in [4.69, 9.17) is 18.9 Å². The standard InChI is InChI=1S/C25H30O13/c1-25(34)8-14(28)17-13(22(32)33)10-35-23(18(17)25)38-24-21(20(31)19(30)15(9-26)36-24)37-16(29)7-4-11-2-5-12(27)6-3-11/h2-7,10,14-15,17-21,23-24,26-28,30-31,34H,8-9H2,1H3,(H,32,33)/b7-4+/t14-,15+,17-,18-,19-,20-,21-,23+,24-,25+/m1/s1. The van der Waals surface area contributed by atoms with Gasteiger partial charge >= 0.3 is 11.9 Å². The van der Waals surface area contributed by atoms with Crippen LogP contribution in [0.25, 0.3) is 6.08 Å². The molecule has 2 heterocycles. The number of carboxylic acid groups (broad SMARTS) is 1. The minimum absolute atomic E-state index is 0.0332. The summed E-state index contributed by atoms with van der Waals surface area (Å²) in [7, 11) is 0. The van der Waals surface area contributed by atoms with Gasteiger partial charge in [0, 0.05) is 18.4 Å². The molecule has 0 radical (unpaired) electrons. The highest BCUT2D eigenvalue weighted by atomic mass is 16.8. The highest BCUT2D eigenvalue weighted by Crippen LogP contribution is 2.49. The monoisotopic (exact) mass is 538 g/mol. The zero-order valence-corrected chi connectivity index (χ0v) is 20.2. The van der Waals surface area contributed by atoms with Crippen LogP contribution in [0.5, 0.6) is 5.75 Å². The van der Waals surface area contributed by atoms with E-state index >= 15 is 0 Å². The van der Waals surface area contributed by atoms with Crippen LogP contribution in [0.1, 0.15) is 18.9 Å². The molecule has 13 nitrogen and oxygen atoms in total. The van der Waals surface area contributed by atoms with Crippen LogP contribution in [0.3, 0.4) is 0 Å². The fourth-order valence-electron chi connectivity index (χ4n) is 5.14. The third-order valence-corrected chi connectivity index (χ3v) is 7.02. The fraction of sp³-hybridized carbons (Fsp3) is 0.520. The Hall–Kier alpha value is -3.04. The average molecular weight is 539 g/mol. The Morgan fingerprint density at radius 1 is 1.13 bits per heavy atom. The van der Waals surface area contributed by atoms with Crippen molar-refractivity contribution in [1.82, 2.24) is 0 Å². The summed E-state index contributed by atoms with van der Waals surface area (Å²) in [5.74, 6) is -4.43. The maximum atomic E-state index is 12.5. The number of ether oxygens (including phenoxy) is 4. The number of carbonyl (C=O) groups excluding carboxylic acids is 1. The van der Waals surface area contributed by atoms with Crippen LogP contribution in [0.15, 0.2) is 42.2 Å². The molecule has 4 rings (SSSR count). The molecule has 1 aromatic rings. The first kappa shape index (κ1) is 28.0. The molecule has 0 amide bonds. The number of esters is 1. The van der Waals surface area contributed by atoms with Crippen LogP contribution in [0.4, 0.5) is 0 Å². The number of phenols is 1. The molecule has 0 bridgehead atoms. The molecule has 2 aliphatic heterocycles. The van der Waals surface area contributed by atoms with Crippen molar-refractivity contribution in [3.05, 3.63) is 47.7 Å². The van der Waals surface area contributed by atoms with Crippen molar-refractivity contribution in [1.29, 1.82) is 0 Å². The van der Waals surface area contributed by atoms with Crippen molar-refractivity contribution in [2.45, 2.75) is 62.0 Å². The molecule has 0 unspecified atom stereocenters. The van der Waals surface area contributed by atoms with Gasteiger partial charge in [-0.2, -0.15) is 0 Å². The molecule has 10 atom stereocenters. The number of carboxylic acids is 1. The second kappa shape index (κ2) is 11.0. The van der Waals surface area contributed by atoms with Crippen LogP contribution in [0.2, 0.25) is 0 Å². The summed E-state index contributed by atoms with van der Waals surface area (Å²) in [6.07, 6.45) is -7.55. The van der Waals surface area contributed by atoms with E-state index in [1.807, 2.05) is 0 Å². The normalized spacial score (nSPS) is 38.8. The van der Waals surface area contributed by atoms with Gasteiger partial charge in [0.2, 0.25) is 12.6 Å². The number of carbonyl (C=O) groups is 2. The van der Waals surface area contributed by atoms with Gasteiger partial charge in [-0.25, -0.2) is 9.59 Å². The Labute approximate surface area is 216 Å². The topological polar surface area (TPSA) is 213 Å². The molecule has 0 aromatic heterocycles. The molecule has 38 heavy (non-hydrogen) atoms. The number of aliphatic hydroxyl groups is 5. The van der Waals surface area contributed by atoms with Crippen LogP contribution in [0, 0.1) is 11.8 Å². The number of benzene rings is 1. The third kappa shape index (κ3) is 5.54. The first-order valence-corrected chi connectivity index (χ1v) is 11.9. The van der Waals surface area contributed by atoms with Gasteiger partial charge in [-0.1, -0.05) is 12.1 Å². The molecule has 7 N–H and O–H groups in total. The van der Waals surface area contributed by atoms with E-state index in [1.165, 1.54) is 37.3 Å². The Morgan fingerprint density at radius 2 is 1.82 bits per heavy atom. The van der Waals surface area contributed by atoms with Crippen molar-refractivity contribution in [2.75, 3.05) is 6.61 Å². The Kier molecular flexibility index (Phi) is 8.09. The van der Waals surface area contributed by atoms with E-state index in [-0.39, 0.29) is 17.7 Å². The van der Waals surface area contributed by atoms with Gasteiger partial charge in [0.15, 0.2) is 6.10 Å². The summed E-state index contributed by atoms with van der Waals surface area (Å²) in [6.45, 7) is 0.657. The molecule has 1 aromatic carbocycles. The van der Waals surface area contributed by atoms with Gasteiger partial charge in [-0.3, -0.25) is 0 Å². The van der Waals surface area contributed by atoms with Crippen LogP contribution >= 0.6 is 0 Å². The lowest BCUT2D eigenvalue weighted by molar-refractivity contribution is -0.347. The van der Waals surface area contributed by atoms with Crippen LogP contribution < -0.4 is 0 Å². The number of aromatic hydroxyl groups is 1. The second-order valence-electron chi connectivity index (χ2n) is 9.73. The van der Waals surface area contributed by atoms with Gasteiger partial charge in [0.1, 0.15) is 24.1 Å². The molecular formula is C25H30O13. The van der Waals surface area contributed by atoms with Crippen molar-refractivity contribution in [3.63, 3.8) is 0 Å². The van der Waals surface area contributed by atoms with Crippen molar-refractivity contribution < 1.29 is 64.3 Å². The lowest BCUT2D eigenvalue weighted by Crippen LogP contribution is -2.62. The van der Waals surface area contributed by atoms with Crippen molar-refractivity contribution in [3.8, 4) is 5.75 Å². The number of rotatable bonds is 7. The van der Waals surface area contributed by atoms with E-state index in [0.717, 1.165) is 12.3 Å². The average Bonchev–Trinajstić information content (AvgIpc) is 3.11. The van der Waals surface area contributed by atoms with E-state index < -0.39 is 79.1 Å². The lowest BCUT2D eigenvalue weighted by atomic mass is 9.81. The maximum Gasteiger partial charge on any atom is 0.335 e.